The number of Topliss-reactive ketones (excluding diaryl/α,β-unsaturated/α-hetero) is 1. The van der Waals surface area contributed by atoms with Crippen LogP contribution in [-0.2, 0) is 0 Å². The molecular weight excluding hydrogens is 278 g/mol. The van der Waals surface area contributed by atoms with Gasteiger partial charge in [0.2, 0.25) is 0 Å². The molecule has 0 saturated carbocycles. The fourth-order valence-electron chi connectivity index (χ4n) is 2.71. The fourth-order valence-corrected chi connectivity index (χ4v) is 3.12. The van der Waals surface area contributed by atoms with E-state index in [0.717, 1.165) is 16.5 Å². The van der Waals surface area contributed by atoms with Gasteiger partial charge in [-0.05, 0) is 17.7 Å². The van der Waals surface area contributed by atoms with Crippen molar-refractivity contribution in [3.8, 4) is 0 Å². The highest BCUT2D eigenvalue weighted by molar-refractivity contribution is 7.91. The zero-order valence-electron chi connectivity index (χ0n) is 11.1. The SMILES string of the molecule is O=C1C(c2ccc3ccccc3n2)=C(S)c2ccccc21. The van der Waals surface area contributed by atoms with Crippen molar-refractivity contribution in [3.63, 3.8) is 0 Å². The van der Waals surface area contributed by atoms with E-state index < -0.39 is 0 Å². The van der Waals surface area contributed by atoms with Crippen molar-refractivity contribution in [2.75, 3.05) is 0 Å². The van der Waals surface area contributed by atoms with Crippen LogP contribution in [0.15, 0.2) is 60.7 Å². The molecule has 0 aliphatic heterocycles. The van der Waals surface area contributed by atoms with Crippen LogP contribution in [0.5, 0.6) is 0 Å². The van der Waals surface area contributed by atoms with Crippen LogP contribution in [0.2, 0.25) is 0 Å². The van der Waals surface area contributed by atoms with Crippen LogP contribution in [0.1, 0.15) is 21.6 Å². The van der Waals surface area contributed by atoms with Crippen LogP contribution in [0.3, 0.4) is 0 Å². The second-order valence-corrected chi connectivity index (χ2v) is 5.43. The number of nitrogens with zero attached hydrogens (tertiary/aromatic N) is 1. The number of fused-ring (bicyclic) bond motifs is 2. The molecular formula is C18H11NOS. The third-order valence-electron chi connectivity index (χ3n) is 3.75. The molecule has 3 aromatic rings. The van der Waals surface area contributed by atoms with E-state index in [9.17, 15) is 4.79 Å². The van der Waals surface area contributed by atoms with Gasteiger partial charge < -0.3 is 0 Å². The molecule has 0 atom stereocenters. The number of benzene rings is 2. The minimum Gasteiger partial charge on any atom is -0.288 e. The number of pyridine rings is 1. The predicted molar refractivity (Wildman–Crippen MR) is 88.3 cm³/mol. The lowest BCUT2D eigenvalue weighted by Crippen LogP contribution is -2.00. The number of hydrogen-bond donors (Lipinski definition) is 1. The van der Waals surface area contributed by atoms with Gasteiger partial charge in [0.25, 0.3) is 0 Å². The lowest BCUT2D eigenvalue weighted by molar-refractivity contribution is 0.105. The molecule has 2 nitrogen and oxygen atoms in total. The van der Waals surface area contributed by atoms with E-state index >= 15 is 0 Å². The molecule has 0 saturated heterocycles. The Morgan fingerprint density at radius 2 is 1.52 bits per heavy atom. The van der Waals surface area contributed by atoms with Crippen LogP contribution in [0, 0.1) is 0 Å². The normalized spacial score (nSPS) is 13.9. The average molecular weight is 289 g/mol. The van der Waals surface area contributed by atoms with Gasteiger partial charge >= 0.3 is 0 Å². The Bertz CT molecular complexity index is 927. The van der Waals surface area contributed by atoms with E-state index in [0.29, 0.717) is 21.7 Å². The summed E-state index contributed by atoms with van der Waals surface area (Å²) in [4.78, 5) is 17.9. The Hall–Kier alpha value is -2.39. The molecule has 1 aliphatic carbocycles. The number of aromatic nitrogens is 1. The summed E-state index contributed by atoms with van der Waals surface area (Å²) in [7, 11) is 0. The Morgan fingerprint density at radius 1 is 0.810 bits per heavy atom. The second kappa shape index (κ2) is 4.57. The van der Waals surface area contributed by atoms with Crippen LogP contribution >= 0.6 is 12.6 Å². The summed E-state index contributed by atoms with van der Waals surface area (Å²) in [6.45, 7) is 0. The molecule has 0 amide bonds. The first-order valence-electron chi connectivity index (χ1n) is 6.69. The molecule has 1 aliphatic rings. The maximum Gasteiger partial charge on any atom is 0.196 e. The standard InChI is InChI=1S/C18H11NOS/c20-17-12-6-2-3-7-13(12)18(21)16(17)15-10-9-11-5-1-4-8-14(11)19-15/h1-10,21H. The van der Waals surface area contributed by atoms with Gasteiger partial charge in [0.1, 0.15) is 0 Å². The van der Waals surface area contributed by atoms with E-state index in [-0.39, 0.29) is 5.78 Å². The lowest BCUT2D eigenvalue weighted by Gasteiger charge is -2.04. The van der Waals surface area contributed by atoms with E-state index in [4.69, 9.17) is 0 Å². The Morgan fingerprint density at radius 3 is 2.33 bits per heavy atom. The van der Waals surface area contributed by atoms with Gasteiger partial charge in [-0.2, -0.15) is 0 Å². The highest BCUT2D eigenvalue weighted by atomic mass is 32.1. The lowest BCUT2D eigenvalue weighted by atomic mass is 10.1. The number of carbonyl (C=O) groups is 1. The highest BCUT2D eigenvalue weighted by Crippen LogP contribution is 2.39. The minimum absolute atomic E-state index is 0.00150. The monoisotopic (exact) mass is 289 g/mol. The molecule has 0 fully saturated rings. The van der Waals surface area contributed by atoms with Crippen LogP contribution < -0.4 is 0 Å². The third kappa shape index (κ3) is 1.82. The van der Waals surface area contributed by atoms with Crippen molar-refractivity contribution in [3.05, 3.63) is 77.5 Å². The summed E-state index contributed by atoms with van der Waals surface area (Å²) < 4.78 is 0. The predicted octanol–water partition coefficient (Wildman–Crippen LogP) is 4.23. The number of ketones is 1. The summed E-state index contributed by atoms with van der Waals surface area (Å²) in [6, 6.07) is 19.3. The summed E-state index contributed by atoms with van der Waals surface area (Å²) in [5.41, 5.74) is 3.74. The molecule has 0 radical (unpaired) electrons. The molecule has 4 rings (SSSR count). The maximum atomic E-state index is 12.6. The number of allylic oxidation sites excluding steroid dienone is 1. The number of rotatable bonds is 1. The van der Waals surface area contributed by atoms with E-state index in [2.05, 4.69) is 17.6 Å². The first-order chi connectivity index (χ1) is 10.3. The van der Waals surface area contributed by atoms with Crippen molar-refractivity contribution in [1.82, 2.24) is 4.98 Å². The zero-order valence-corrected chi connectivity index (χ0v) is 12.0. The number of thiol groups is 1. The molecule has 21 heavy (non-hydrogen) atoms. The minimum atomic E-state index is -0.00150. The third-order valence-corrected chi connectivity index (χ3v) is 4.21. The number of hydrogen-bond acceptors (Lipinski definition) is 3. The Kier molecular flexibility index (Phi) is 2.69. The molecule has 1 aromatic heterocycles. The van der Waals surface area contributed by atoms with Crippen molar-refractivity contribution in [1.29, 1.82) is 0 Å². The zero-order chi connectivity index (χ0) is 14.4. The molecule has 1 heterocycles. The first kappa shape index (κ1) is 12.4. The Labute approximate surface area is 127 Å². The molecule has 0 unspecified atom stereocenters. The summed E-state index contributed by atoms with van der Waals surface area (Å²) in [5.74, 6) is -0.00150. The van der Waals surface area contributed by atoms with Crippen molar-refractivity contribution >= 4 is 39.8 Å². The van der Waals surface area contributed by atoms with E-state index in [1.165, 1.54) is 0 Å². The Balaban J connectivity index is 1.93. The molecule has 3 heteroatoms. The highest BCUT2D eigenvalue weighted by Gasteiger charge is 2.29. The van der Waals surface area contributed by atoms with Crippen molar-refractivity contribution in [2.24, 2.45) is 0 Å². The van der Waals surface area contributed by atoms with E-state index in [1.807, 2.05) is 60.7 Å². The molecule has 0 bridgehead atoms. The molecule has 0 spiro atoms. The van der Waals surface area contributed by atoms with E-state index in [1.54, 1.807) is 0 Å². The number of para-hydroxylation sites is 1. The van der Waals surface area contributed by atoms with Gasteiger partial charge in [0, 0.05) is 15.9 Å². The van der Waals surface area contributed by atoms with Crippen molar-refractivity contribution in [2.45, 2.75) is 0 Å². The van der Waals surface area contributed by atoms with Gasteiger partial charge in [-0.1, -0.05) is 48.5 Å². The molecule has 0 N–H and O–H groups in total. The summed E-state index contributed by atoms with van der Waals surface area (Å²) in [5, 5.41) is 1.06. The van der Waals surface area contributed by atoms with Crippen molar-refractivity contribution < 1.29 is 4.79 Å². The maximum absolute atomic E-state index is 12.6. The average Bonchev–Trinajstić information content (AvgIpc) is 2.79. The van der Waals surface area contributed by atoms with Gasteiger partial charge in [0.05, 0.1) is 16.8 Å². The fraction of sp³-hybridized carbons (Fsp3) is 0. The van der Waals surface area contributed by atoms with Crippen LogP contribution in [0.25, 0.3) is 21.4 Å². The second-order valence-electron chi connectivity index (χ2n) is 4.99. The smallest absolute Gasteiger partial charge is 0.196 e. The summed E-state index contributed by atoms with van der Waals surface area (Å²) >= 11 is 4.55. The number of carbonyl (C=O) groups excluding carboxylic acids is 1. The summed E-state index contributed by atoms with van der Waals surface area (Å²) in [6.07, 6.45) is 0. The largest absolute Gasteiger partial charge is 0.288 e. The van der Waals surface area contributed by atoms with Gasteiger partial charge in [-0.15, -0.1) is 12.6 Å². The van der Waals surface area contributed by atoms with Crippen LogP contribution in [-0.4, -0.2) is 10.8 Å². The van der Waals surface area contributed by atoms with Gasteiger partial charge in [0.15, 0.2) is 5.78 Å². The van der Waals surface area contributed by atoms with Crippen LogP contribution in [0.4, 0.5) is 0 Å². The topological polar surface area (TPSA) is 30.0 Å². The quantitative estimate of drug-likeness (QED) is 0.679. The van der Waals surface area contributed by atoms with Gasteiger partial charge in [-0.3, -0.25) is 4.79 Å². The molecule has 2 aromatic carbocycles. The molecule has 100 valence electrons. The van der Waals surface area contributed by atoms with Gasteiger partial charge in [-0.25, -0.2) is 4.98 Å². The first-order valence-corrected chi connectivity index (χ1v) is 7.14.